The van der Waals surface area contributed by atoms with Gasteiger partial charge in [-0.2, -0.15) is 0 Å². The van der Waals surface area contributed by atoms with E-state index < -0.39 is 0 Å². The maximum atomic E-state index is 12.3. The summed E-state index contributed by atoms with van der Waals surface area (Å²) in [6, 6.07) is 12.4. The van der Waals surface area contributed by atoms with E-state index in [1.54, 1.807) is 36.4 Å². The van der Waals surface area contributed by atoms with Crippen LogP contribution in [0.4, 0.5) is 5.69 Å². The van der Waals surface area contributed by atoms with Gasteiger partial charge < -0.3 is 10.6 Å². The van der Waals surface area contributed by atoms with Crippen molar-refractivity contribution in [3.63, 3.8) is 0 Å². The van der Waals surface area contributed by atoms with Gasteiger partial charge in [-0.05, 0) is 49.2 Å². The minimum atomic E-state index is -0.209. The molecular formula is C19H21BrN2O2. The first kappa shape index (κ1) is 18.2. The molecule has 4 nitrogen and oxygen atoms in total. The maximum Gasteiger partial charge on any atom is 0.255 e. The molecule has 0 aliphatic rings. The summed E-state index contributed by atoms with van der Waals surface area (Å²) in [6.45, 7) is 4.70. The number of unbranched alkanes of at least 4 members (excludes halogenated alkanes) is 1. The number of nitrogens with one attached hydrogen (secondary N) is 2. The highest BCUT2D eigenvalue weighted by Gasteiger charge is 2.10. The first-order valence-electron chi connectivity index (χ1n) is 7.97. The second-order valence-electron chi connectivity index (χ2n) is 5.61. The molecule has 0 unspecified atom stereocenters. The predicted molar refractivity (Wildman–Crippen MR) is 101 cm³/mol. The Morgan fingerprint density at radius 1 is 1.04 bits per heavy atom. The Morgan fingerprint density at radius 2 is 1.79 bits per heavy atom. The number of halogens is 1. The molecule has 0 atom stereocenters. The van der Waals surface area contributed by atoms with E-state index in [0.29, 0.717) is 23.4 Å². The quantitative estimate of drug-likeness (QED) is 0.713. The third kappa shape index (κ3) is 4.93. The molecule has 0 spiro atoms. The lowest BCUT2D eigenvalue weighted by Crippen LogP contribution is -2.24. The number of benzene rings is 2. The summed E-state index contributed by atoms with van der Waals surface area (Å²) in [5.41, 5.74) is 2.76. The molecule has 0 aromatic heterocycles. The highest BCUT2D eigenvalue weighted by molar-refractivity contribution is 9.10. The second kappa shape index (κ2) is 8.64. The summed E-state index contributed by atoms with van der Waals surface area (Å²) in [4.78, 5) is 24.4. The highest BCUT2D eigenvalue weighted by Crippen LogP contribution is 2.19. The summed E-state index contributed by atoms with van der Waals surface area (Å²) >= 11 is 3.43. The van der Waals surface area contributed by atoms with E-state index in [2.05, 4.69) is 33.5 Å². The summed E-state index contributed by atoms with van der Waals surface area (Å²) in [7, 11) is 0. The molecule has 2 aromatic carbocycles. The fourth-order valence-electron chi connectivity index (χ4n) is 2.16. The average molecular weight is 389 g/mol. The summed E-state index contributed by atoms with van der Waals surface area (Å²) in [5.74, 6) is -0.336. The number of hydrogen-bond donors (Lipinski definition) is 2. The van der Waals surface area contributed by atoms with Crippen LogP contribution in [0.3, 0.4) is 0 Å². The fraction of sp³-hybridized carbons (Fsp3) is 0.263. The van der Waals surface area contributed by atoms with Crippen LogP contribution in [-0.2, 0) is 0 Å². The Bertz CT molecular complexity index is 744. The van der Waals surface area contributed by atoms with E-state index in [-0.39, 0.29) is 11.8 Å². The first-order chi connectivity index (χ1) is 11.5. The molecule has 0 radical (unpaired) electrons. The minimum absolute atomic E-state index is 0.127. The Balaban J connectivity index is 2.07. The van der Waals surface area contributed by atoms with Crippen molar-refractivity contribution in [3.8, 4) is 0 Å². The molecule has 2 aromatic rings. The lowest BCUT2D eigenvalue weighted by atomic mass is 10.1. The second-order valence-corrected chi connectivity index (χ2v) is 6.46. The van der Waals surface area contributed by atoms with E-state index in [4.69, 9.17) is 0 Å². The largest absolute Gasteiger partial charge is 0.352 e. The van der Waals surface area contributed by atoms with Crippen LogP contribution in [0.25, 0.3) is 0 Å². The molecule has 0 bridgehead atoms. The number of anilines is 1. The van der Waals surface area contributed by atoms with Crippen LogP contribution in [0.15, 0.2) is 46.9 Å². The number of rotatable bonds is 6. The van der Waals surface area contributed by atoms with Crippen molar-refractivity contribution >= 4 is 33.4 Å². The standard InChI is InChI=1S/C19H21BrN2O2/c1-3-4-10-21-18(23)14-6-5-7-16(11-14)22-19(24)15-9-8-13(2)17(20)12-15/h5-9,11-12H,3-4,10H2,1-2H3,(H,21,23)(H,22,24). The molecule has 0 fully saturated rings. The molecule has 2 rings (SSSR count). The molecule has 0 aliphatic heterocycles. The van der Waals surface area contributed by atoms with E-state index in [1.165, 1.54) is 0 Å². The van der Waals surface area contributed by atoms with Gasteiger partial charge in [0.1, 0.15) is 0 Å². The molecule has 2 N–H and O–H groups in total. The van der Waals surface area contributed by atoms with Gasteiger partial charge in [0.05, 0.1) is 0 Å². The molecular weight excluding hydrogens is 368 g/mol. The first-order valence-corrected chi connectivity index (χ1v) is 8.76. The topological polar surface area (TPSA) is 58.2 Å². The van der Waals surface area contributed by atoms with Crippen LogP contribution in [0.1, 0.15) is 46.0 Å². The maximum absolute atomic E-state index is 12.3. The average Bonchev–Trinajstić information content (AvgIpc) is 2.57. The number of amides is 2. The normalized spacial score (nSPS) is 10.3. The molecule has 0 saturated heterocycles. The zero-order valence-electron chi connectivity index (χ0n) is 13.9. The van der Waals surface area contributed by atoms with Gasteiger partial charge in [-0.3, -0.25) is 9.59 Å². The lowest BCUT2D eigenvalue weighted by Gasteiger charge is -2.09. The molecule has 0 saturated carbocycles. The fourth-order valence-corrected chi connectivity index (χ4v) is 2.54. The van der Waals surface area contributed by atoms with Crippen molar-refractivity contribution in [2.45, 2.75) is 26.7 Å². The summed E-state index contributed by atoms with van der Waals surface area (Å²) in [5, 5.41) is 5.70. The van der Waals surface area contributed by atoms with E-state index >= 15 is 0 Å². The van der Waals surface area contributed by atoms with Gasteiger partial charge in [-0.1, -0.05) is 41.4 Å². The highest BCUT2D eigenvalue weighted by atomic mass is 79.9. The summed E-state index contributed by atoms with van der Waals surface area (Å²) < 4.78 is 0.888. The lowest BCUT2D eigenvalue weighted by molar-refractivity contribution is 0.0951. The Morgan fingerprint density at radius 3 is 2.50 bits per heavy atom. The van der Waals surface area contributed by atoms with Gasteiger partial charge in [0, 0.05) is 27.8 Å². The van der Waals surface area contributed by atoms with Crippen LogP contribution in [0.5, 0.6) is 0 Å². The number of aryl methyl sites for hydroxylation is 1. The van der Waals surface area contributed by atoms with Crippen LogP contribution in [0.2, 0.25) is 0 Å². The third-order valence-corrected chi connectivity index (χ3v) is 4.49. The molecule has 0 aliphatic carbocycles. The summed E-state index contributed by atoms with van der Waals surface area (Å²) in [6.07, 6.45) is 1.98. The minimum Gasteiger partial charge on any atom is -0.352 e. The Kier molecular flexibility index (Phi) is 6.55. The van der Waals surface area contributed by atoms with Gasteiger partial charge in [0.15, 0.2) is 0 Å². The van der Waals surface area contributed by atoms with Crippen LogP contribution in [0, 0.1) is 6.92 Å². The van der Waals surface area contributed by atoms with E-state index in [1.807, 2.05) is 13.0 Å². The monoisotopic (exact) mass is 388 g/mol. The van der Waals surface area contributed by atoms with Crippen molar-refractivity contribution < 1.29 is 9.59 Å². The van der Waals surface area contributed by atoms with Crippen molar-refractivity contribution in [3.05, 3.63) is 63.6 Å². The number of hydrogen-bond acceptors (Lipinski definition) is 2. The molecule has 2 amide bonds. The molecule has 24 heavy (non-hydrogen) atoms. The van der Waals surface area contributed by atoms with Gasteiger partial charge in [-0.25, -0.2) is 0 Å². The van der Waals surface area contributed by atoms with Gasteiger partial charge in [-0.15, -0.1) is 0 Å². The van der Waals surface area contributed by atoms with Crippen LogP contribution < -0.4 is 10.6 Å². The van der Waals surface area contributed by atoms with Gasteiger partial charge >= 0.3 is 0 Å². The SMILES string of the molecule is CCCCNC(=O)c1cccc(NC(=O)c2ccc(C)c(Br)c2)c1. The predicted octanol–water partition coefficient (Wildman–Crippen LogP) is 4.54. The van der Waals surface area contributed by atoms with Crippen molar-refractivity contribution in [2.75, 3.05) is 11.9 Å². The van der Waals surface area contributed by atoms with Crippen molar-refractivity contribution in [1.82, 2.24) is 5.32 Å². The van der Waals surface area contributed by atoms with Crippen LogP contribution in [-0.4, -0.2) is 18.4 Å². The van der Waals surface area contributed by atoms with E-state index in [0.717, 1.165) is 22.9 Å². The smallest absolute Gasteiger partial charge is 0.255 e. The molecule has 126 valence electrons. The van der Waals surface area contributed by atoms with Gasteiger partial charge in [0.25, 0.3) is 11.8 Å². The Labute approximate surface area is 150 Å². The van der Waals surface area contributed by atoms with Crippen molar-refractivity contribution in [2.24, 2.45) is 0 Å². The zero-order valence-corrected chi connectivity index (χ0v) is 15.4. The number of carbonyl (C=O) groups is 2. The van der Waals surface area contributed by atoms with Crippen LogP contribution >= 0.6 is 15.9 Å². The van der Waals surface area contributed by atoms with Crippen molar-refractivity contribution in [1.29, 1.82) is 0 Å². The Hall–Kier alpha value is -2.14. The number of carbonyl (C=O) groups excluding carboxylic acids is 2. The zero-order chi connectivity index (χ0) is 17.5. The van der Waals surface area contributed by atoms with E-state index in [9.17, 15) is 9.59 Å². The molecule has 5 heteroatoms. The third-order valence-electron chi connectivity index (χ3n) is 3.63. The van der Waals surface area contributed by atoms with Gasteiger partial charge in [0.2, 0.25) is 0 Å². The molecule has 0 heterocycles.